The molecule has 0 saturated carbocycles. The maximum atomic E-state index is 11.7. The fourth-order valence-electron chi connectivity index (χ4n) is 2.82. The molecule has 1 unspecified atom stereocenters. The number of halogens is 2. The van der Waals surface area contributed by atoms with Crippen molar-refractivity contribution in [1.29, 1.82) is 0 Å². The summed E-state index contributed by atoms with van der Waals surface area (Å²) in [5.41, 5.74) is 1.29. The van der Waals surface area contributed by atoms with Gasteiger partial charge in [-0.2, -0.15) is 0 Å². The number of benzene rings is 1. The molecule has 0 aliphatic carbocycles. The first-order chi connectivity index (χ1) is 10.6. The Morgan fingerprint density at radius 2 is 2.09 bits per heavy atom. The lowest BCUT2D eigenvalue weighted by Crippen LogP contribution is -2.22. The minimum Gasteiger partial charge on any atom is -0.493 e. The molecule has 6 heteroatoms. The Morgan fingerprint density at radius 1 is 1.32 bits per heavy atom. The van der Waals surface area contributed by atoms with E-state index in [1.165, 1.54) is 25.9 Å². The largest absolute Gasteiger partial charge is 0.493 e. The monoisotopic (exact) mass is 340 g/mol. The Labute approximate surface area is 140 Å². The molecule has 2 heterocycles. The Hall–Kier alpha value is -1.10. The number of aliphatic imine (C=N–C) groups is 1. The second-order valence-electron chi connectivity index (χ2n) is 5.60. The number of hydrogen-bond donors (Lipinski definition) is 0. The summed E-state index contributed by atoms with van der Waals surface area (Å²) >= 11 is 11.9. The van der Waals surface area contributed by atoms with Gasteiger partial charge in [0.1, 0.15) is 11.1 Å². The van der Waals surface area contributed by atoms with E-state index in [-0.39, 0.29) is 11.0 Å². The zero-order valence-corrected chi connectivity index (χ0v) is 13.7. The topological polar surface area (TPSA) is 41.9 Å². The summed E-state index contributed by atoms with van der Waals surface area (Å²) in [6.07, 6.45) is 3.61. The highest BCUT2D eigenvalue weighted by atomic mass is 35.5. The molecule has 1 aromatic carbocycles. The normalized spacial score (nSPS) is 21.6. The summed E-state index contributed by atoms with van der Waals surface area (Å²) in [5, 5.41) is -0.831. The molecule has 0 aromatic heterocycles. The van der Waals surface area contributed by atoms with Gasteiger partial charge < -0.3 is 9.64 Å². The van der Waals surface area contributed by atoms with Crippen LogP contribution in [0.4, 0.5) is 5.69 Å². The predicted molar refractivity (Wildman–Crippen MR) is 88.8 cm³/mol. The summed E-state index contributed by atoms with van der Waals surface area (Å²) in [6, 6.07) is 5.40. The number of fused-ring (bicyclic) bond motifs is 1. The van der Waals surface area contributed by atoms with Gasteiger partial charge in [0.2, 0.25) is 5.78 Å². The van der Waals surface area contributed by atoms with Crippen LogP contribution in [0.2, 0.25) is 0 Å². The van der Waals surface area contributed by atoms with E-state index in [0.717, 1.165) is 18.7 Å². The summed E-state index contributed by atoms with van der Waals surface area (Å²) < 4.78 is 5.76. The fraction of sp³-hybridized carbons (Fsp3) is 0.500. The van der Waals surface area contributed by atoms with Crippen LogP contribution in [0.5, 0.6) is 5.75 Å². The molecule has 0 bridgehead atoms. The van der Waals surface area contributed by atoms with Crippen molar-refractivity contribution >= 4 is 39.8 Å². The number of Topliss-reactive ketones (excluding diaryl/α,β-unsaturated/α-hetero) is 1. The van der Waals surface area contributed by atoms with Crippen LogP contribution in [0, 0.1) is 0 Å². The number of likely N-dealkylation sites (tertiary alicyclic amines) is 1. The van der Waals surface area contributed by atoms with Crippen molar-refractivity contribution in [2.75, 3.05) is 26.2 Å². The molecule has 1 atom stereocenters. The minimum absolute atomic E-state index is 0.0707. The number of nitrogens with zero attached hydrogens (tertiary/aromatic N) is 2. The summed E-state index contributed by atoms with van der Waals surface area (Å²) in [6.45, 7) is 4.15. The highest BCUT2D eigenvalue weighted by Gasteiger charge is 2.28. The molecule has 2 aliphatic rings. The Balaban J connectivity index is 1.57. The van der Waals surface area contributed by atoms with Gasteiger partial charge in [0.25, 0.3) is 0 Å². The molecule has 4 nitrogen and oxygen atoms in total. The number of carbonyl (C=O) groups excluding carboxylic acids is 1. The van der Waals surface area contributed by atoms with Crippen molar-refractivity contribution in [2.45, 2.75) is 24.6 Å². The number of hydrogen-bond acceptors (Lipinski definition) is 4. The van der Waals surface area contributed by atoms with Crippen LogP contribution in [-0.2, 0) is 4.79 Å². The highest BCUT2D eigenvalue weighted by Crippen LogP contribution is 2.38. The number of ketones is 1. The first kappa shape index (κ1) is 15.8. The van der Waals surface area contributed by atoms with Crippen LogP contribution in [0.15, 0.2) is 23.2 Å². The third-order valence-corrected chi connectivity index (χ3v) is 4.72. The van der Waals surface area contributed by atoms with Crippen LogP contribution < -0.4 is 4.74 Å². The average Bonchev–Trinajstić information content (AvgIpc) is 3.02. The van der Waals surface area contributed by atoms with Gasteiger partial charge in [-0.3, -0.25) is 4.79 Å². The molecule has 0 N–H and O–H groups in total. The molecular formula is C16H18Cl2N2O2. The molecule has 118 valence electrons. The standard InChI is InChI=1S/C16H18Cl2N2O2/c17-14-12-5-4-11(10-13(12)19-16(18)15(14)21)22-9-3-8-20-6-1-2-7-20/h4-5,10,14H,1-3,6-9H2. The second-order valence-corrected chi connectivity index (χ2v) is 6.40. The Bertz CT molecular complexity index is 598. The lowest BCUT2D eigenvalue weighted by Gasteiger charge is -2.18. The van der Waals surface area contributed by atoms with Gasteiger partial charge in [0.15, 0.2) is 5.17 Å². The number of alkyl halides is 1. The van der Waals surface area contributed by atoms with Gasteiger partial charge in [-0.05, 0) is 38.4 Å². The lowest BCUT2D eigenvalue weighted by molar-refractivity contribution is -0.112. The minimum atomic E-state index is -0.760. The number of rotatable bonds is 5. The number of ether oxygens (including phenoxy) is 1. The summed E-state index contributed by atoms with van der Waals surface area (Å²) in [5.74, 6) is 0.377. The zero-order chi connectivity index (χ0) is 15.5. The van der Waals surface area contributed by atoms with Gasteiger partial charge >= 0.3 is 0 Å². The van der Waals surface area contributed by atoms with E-state index in [0.29, 0.717) is 17.9 Å². The van der Waals surface area contributed by atoms with E-state index in [4.69, 9.17) is 27.9 Å². The van der Waals surface area contributed by atoms with Gasteiger partial charge in [-0.15, -0.1) is 11.6 Å². The van der Waals surface area contributed by atoms with Gasteiger partial charge in [0, 0.05) is 18.2 Å². The van der Waals surface area contributed by atoms with E-state index in [1.807, 2.05) is 6.07 Å². The smallest absolute Gasteiger partial charge is 0.215 e. The van der Waals surface area contributed by atoms with Crippen molar-refractivity contribution in [2.24, 2.45) is 4.99 Å². The van der Waals surface area contributed by atoms with E-state index in [9.17, 15) is 4.79 Å². The third kappa shape index (κ3) is 3.45. The molecule has 0 amide bonds. The van der Waals surface area contributed by atoms with Crippen molar-refractivity contribution in [3.63, 3.8) is 0 Å². The predicted octanol–water partition coefficient (Wildman–Crippen LogP) is 3.68. The van der Waals surface area contributed by atoms with E-state index in [2.05, 4.69) is 9.89 Å². The summed E-state index contributed by atoms with van der Waals surface area (Å²) in [4.78, 5) is 18.2. The van der Waals surface area contributed by atoms with Crippen LogP contribution >= 0.6 is 23.2 Å². The van der Waals surface area contributed by atoms with E-state index >= 15 is 0 Å². The van der Waals surface area contributed by atoms with Crippen molar-refractivity contribution < 1.29 is 9.53 Å². The van der Waals surface area contributed by atoms with Crippen molar-refractivity contribution in [3.05, 3.63) is 23.8 Å². The van der Waals surface area contributed by atoms with Gasteiger partial charge in [-0.1, -0.05) is 17.7 Å². The Kier molecular flexibility index (Phi) is 5.01. The average molecular weight is 341 g/mol. The quantitative estimate of drug-likeness (QED) is 0.606. The molecule has 22 heavy (non-hydrogen) atoms. The van der Waals surface area contributed by atoms with E-state index in [1.54, 1.807) is 12.1 Å². The van der Waals surface area contributed by atoms with Crippen LogP contribution in [0.25, 0.3) is 0 Å². The molecule has 1 aromatic rings. The lowest BCUT2D eigenvalue weighted by atomic mass is 10.0. The molecule has 3 rings (SSSR count). The van der Waals surface area contributed by atoms with Crippen molar-refractivity contribution in [1.82, 2.24) is 4.90 Å². The second kappa shape index (κ2) is 6.99. The molecule has 2 aliphatic heterocycles. The summed E-state index contributed by atoms with van der Waals surface area (Å²) in [7, 11) is 0. The third-order valence-electron chi connectivity index (χ3n) is 4.01. The molecule has 0 spiro atoms. The molecular weight excluding hydrogens is 323 g/mol. The van der Waals surface area contributed by atoms with Crippen LogP contribution in [0.3, 0.4) is 0 Å². The first-order valence-electron chi connectivity index (χ1n) is 7.57. The van der Waals surface area contributed by atoms with Crippen LogP contribution in [0.1, 0.15) is 30.2 Å². The fourth-order valence-corrected chi connectivity index (χ4v) is 3.36. The van der Waals surface area contributed by atoms with Gasteiger partial charge in [-0.25, -0.2) is 4.99 Å². The number of carbonyl (C=O) groups is 1. The molecule has 1 fully saturated rings. The SMILES string of the molecule is O=C1C(Cl)=Nc2cc(OCCCN3CCCC3)ccc2C1Cl. The highest BCUT2D eigenvalue weighted by molar-refractivity contribution is 6.85. The van der Waals surface area contributed by atoms with E-state index < -0.39 is 5.38 Å². The first-order valence-corrected chi connectivity index (χ1v) is 8.38. The molecule has 0 radical (unpaired) electrons. The van der Waals surface area contributed by atoms with Gasteiger partial charge in [0.05, 0.1) is 12.3 Å². The maximum Gasteiger partial charge on any atom is 0.215 e. The van der Waals surface area contributed by atoms with Crippen LogP contribution in [-0.4, -0.2) is 42.1 Å². The maximum absolute atomic E-state index is 11.7. The van der Waals surface area contributed by atoms with Crippen molar-refractivity contribution in [3.8, 4) is 5.75 Å². The Morgan fingerprint density at radius 3 is 2.86 bits per heavy atom. The molecule has 1 saturated heterocycles. The zero-order valence-electron chi connectivity index (χ0n) is 12.2.